The molecule has 88 valence electrons. The molecule has 0 saturated carbocycles. The van der Waals surface area contributed by atoms with Crippen LogP contribution in [0.3, 0.4) is 0 Å². The second-order valence-electron chi connectivity index (χ2n) is 3.08. The van der Waals surface area contributed by atoms with E-state index in [1.54, 1.807) is 14.0 Å². The molecular weight excluding hydrogens is 230 g/mol. The molecule has 0 aliphatic rings. The fraction of sp³-hybridized carbons (Fsp3) is 0.300. The molecule has 0 atom stereocenters. The Balaban J connectivity index is 2.89. The Bertz CT molecular complexity index is 396. The van der Waals surface area contributed by atoms with Gasteiger partial charge in [0.2, 0.25) is 0 Å². The molecule has 0 heterocycles. The van der Waals surface area contributed by atoms with Crippen molar-refractivity contribution in [2.75, 3.05) is 24.2 Å². The van der Waals surface area contributed by atoms with Gasteiger partial charge in [-0.2, -0.15) is 0 Å². The van der Waals surface area contributed by atoms with Gasteiger partial charge in [0.05, 0.1) is 16.4 Å². The summed E-state index contributed by atoms with van der Waals surface area (Å²) in [6.07, 6.45) is 0. The minimum Gasteiger partial charge on any atom is -0.506 e. The van der Waals surface area contributed by atoms with E-state index >= 15 is 0 Å². The number of anilines is 2. The third-order valence-corrected chi connectivity index (χ3v) is 2.25. The number of urea groups is 1. The summed E-state index contributed by atoms with van der Waals surface area (Å²) in [5.41, 5.74) is 0.871. The summed E-state index contributed by atoms with van der Waals surface area (Å²) in [6, 6.07) is 2.55. The van der Waals surface area contributed by atoms with Crippen LogP contribution in [0.25, 0.3) is 0 Å². The molecule has 5 nitrogen and oxygen atoms in total. The SMILES string of the molecule is CCNC(=O)Nc1cc(Cl)c(NC)cc1O. The van der Waals surface area contributed by atoms with Crippen molar-refractivity contribution in [2.24, 2.45) is 0 Å². The molecule has 1 aromatic rings. The van der Waals surface area contributed by atoms with Crippen LogP contribution in [0.15, 0.2) is 12.1 Å². The first-order valence-electron chi connectivity index (χ1n) is 4.83. The fourth-order valence-corrected chi connectivity index (χ4v) is 1.44. The van der Waals surface area contributed by atoms with Gasteiger partial charge in [-0.15, -0.1) is 0 Å². The fourth-order valence-electron chi connectivity index (χ4n) is 1.18. The lowest BCUT2D eigenvalue weighted by atomic mass is 10.2. The van der Waals surface area contributed by atoms with E-state index in [2.05, 4.69) is 16.0 Å². The van der Waals surface area contributed by atoms with E-state index in [1.165, 1.54) is 12.1 Å². The number of aromatic hydroxyl groups is 1. The number of hydrogen-bond acceptors (Lipinski definition) is 3. The molecule has 2 amide bonds. The summed E-state index contributed by atoms with van der Waals surface area (Å²) in [7, 11) is 1.69. The molecule has 16 heavy (non-hydrogen) atoms. The molecule has 1 aromatic carbocycles. The highest BCUT2D eigenvalue weighted by Gasteiger charge is 2.09. The average molecular weight is 244 g/mol. The normalized spacial score (nSPS) is 9.69. The maximum atomic E-state index is 11.2. The lowest BCUT2D eigenvalue weighted by Gasteiger charge is -2.10. The summed E-state index contributed by atoms with van der Waals surface area (Å²) >= 11 is 5.92. The Labute approximate surface area is 98.8 Å². The molecule has 0 unspecified atom stereocenters. The van der Waals surface area contributed by atoms with E-state index in [0.29, 0.717) is 17.3 Å². The van der Waals surface area contributed by atoms with Crippen molar-refractivity contribution in [3.05, 3.63) is 17.2 Å². The van der Waals surface area contributed by atoms with Crippen molar-refractivity contribution in [1.29, 1.82) is 0 Å². The van der Waals surface area contributed by atoms with Gasteiger partial charge in [-0.3, -0.25) is 0 Å². The van der Waals surface area contributed by atoms with E-state index in [0.717, 1.165) is 0 Å². The molecule has 4 N–H and O–H groups in total. The predicted molar refractivity (Wildman–Crippen MR) is 65.4 cm³/mol. The monoisotopic (exact) mass is 243 g/mol. The molecule has 0 aromatic heterocycles. The van der Waals surface area contributed by atoms with Crippen LogP contribution in [-0.2, 0) is 0 Å². The zero-order chi connectivity index (χ0) is 12.1. The third kappa shape index (κ3) is 2.93. The molecule has 0 spiro atoms. The number of amides is 2. The molecule has 0 fully saturated rings. The summed E-state index contributed by atoms with van der Waals surface area (Å²) in [4.78, 5) is 11.2. The van der Waals surface area contributed by atoms with Crippen LogP contribution in [0.5, 0.6) is 5.75 Å². The van der Waals surface area contributed by atoms with Crippen LogP contribution < -0.4 is 16.0 Å². The Morgan fingerprint density at radius 1 is 1.44 bits per heavy atom. The largest absolute Gasteiger partial charge is 0.506 e. The van der Waals surface area contributed by atoms with E-state index in [9.17, 15) is 9.90 Å². The van der Waals surface area contributed by atoms with Gasteiger partial charge in [-0.05, 0) is 13.0 Å². The maximum absolute atomic E-state index is 11.2. The Morgan fingerprint density at radius 3 is 2.69 bits per heavy atom. The Hall–Kier alpha value is -1.62. The van der Waals surface area contributed by atoms with Gasteiger partial charge in [0.15, 0.2) is 0 Å². The van der Waals surface area contributed by atoms with Gasteiger partial charge >= 0.3 is 6.03 Å². The standard InChI is InChI=1S/C10H14ClN3O2/c1-3-13-10(16)14-8-4-6(11)7(12-2)5-9(8)15/h4-5,12,15H,3H2,1-2H3,(H2,13,14,16). The topological polar surface area (TPSA) is 73.4 Å². The van der Waals surface area contributed by atoms with Gasteiger partial charge in [-0.25, -0.2) is 4.79 Å². The van der Waals surface area contributed by atoms with Gasteiger partial charge in [-0.1, -0.05) is 11.6 Å². The van der Waals surface area contributed by atoms with Crippen molar-refractivity contribution in [3.8, 4) is 5.75 Å². The second kappa shape index (κ2) is 5.46. The van der Waals surface area contributed by atoms with Crippen molar-refractivity contribution in [2.45, 2.75) is 6.92 Å². The maximum Gasteiger partial charge on any atom is 0.319 e. The zero-order valence-corrected chi connectivity index (χ0v) is 9.85. The van der Waals surface area contributed by atoms with Gasteiger partial charge < -0.3 is 21.1 Å². The lowest BCUT2D eigenvalue weighted by molar-refractivity contribution is 0.252. The first-order valence-corrected chi connectivity index (χ1v) is 5.21. The van der Waals surface area contributed by atoms with Crippen LogP contribution >= 0.6 is 11.6 Å². The van der Waals surface area contributed by atoms with Crippen molar-refractivity contribution in [3.63, 3.8) is 0 Å². The molecule has 0 aliphatic heterocycles. The number of benzene rings is 1. The van der Waals surface area contributed by atoms with Gasteiger partial charge in [0.25, 0.3) is 0 Å². The van der Waals surface area contributed by atoms with Crippen LogP contribution in [0, 0.1) is 0 Å². The van der Waals surface area contributed by atoms with Crippen molar-refractivity contribution in [1.82, 2.24) is 5.32 Å². The lowest BCUT2D eigenvalue weighted by Crippen LogP contribution is -2.28. The first kappa shape index (κ1) is 12.4. The van der Waals surface area contributed by atoms with Crippen molar-refractivity contribution < 1.29 is 9.90 Å². The summed E-state index contributed by atoms with van der Waals surface area (Å²) < 4.78 is 0. The number of carbonyl (C=O) groups is 1. The van der Waals surface area contributed by atoms with E-state index in [4.69, 9.17) is 11.6 Å². The molecule has 0 radical (unpaired) electrons. The van der Waals surface area contributed by atoms with E-state index < -0.39 is 0 Å². The number of phenols is 1. The van der Waals surface area contributed by atoms with Crippen LogP contribution in [0.2, 0.25) is 5.02 Å². The number of carbonyl (C=O) groups excluding carboxylic acids is 1. The molecule has 0 bridgehead atoms. The molecule has 6 heteroatoms. The minimum absolute atomic E-state index is 0.0417. The van der Waals surface area contributed by atoms with Gasteiger partial charge in [0, 0.05) is 19.7 Å². The number of rotatable bonds is 3. The Morgan fingerprint density at radius 2 is 2.12 bits per heavy atom. The highest BCUT2D eigenvalue weighted by molar-refractivity contribution is 6.33. The zero-order valence-electron chi connectivity index (χ0n) is 9.10. The third-order valence-electron chi connectivity index (χ3n) is 1.94. The molecule has 1 rings (SSSR count). The second-order valence-corrected chi connectivity index (χ2v) is 3.49. The number of phenolic OH excluding ortho intramolecular Hbond substituents is 1. The quantitative estimate of drug-likeness (QED) is 0.615. The van der Waals surface area contributed by atoms with Crippen LogP contribution in [0.4, 0.5) is 16.2 Å². The smallest absolute Gasteiger partial charge is 0.319 e. The van der Waals surface area contributed by atoms with Crippen LogP contribution in [0.1, 0.15) is 6.92 Å². The molecule has 0 aliphatic carbocycles. The number of nitrogens with one attached hydrogen (secondary N) is 3. The highest BCUT2D eigenvalue weighted by Crippen LogP contribution is 2.33. The van der Waals surface area contributed by atoms with Crippen LogP contribution in [-0.4, -0.2) is 24.7 Å². The number of halogens is 1. The van der Waals surface area contributed by atoms with Gasteiger partial charge in [0.1, 0.15) is 5.75 Å². The molecule has 0 saturated heterocycles. The Kier molecular flexibility index (Phi) is 4.25. The summed E-state index contributed by atoms with van der Waals surface area (Å²) in [6.45, 7) is 2.31. The molecular formula is C10H14ClN3O2. The van der Waals surface area contributed by atoms with E-state index in [1.807, 2.05) is 0 Å². The van der Waals surface area contributed by atoms with Crippen molar-refractivity contribution >= 4 is 29.0 Å². The number of hydrogen-bond donors (Lipinski definition) is 4. The average Bonchev–Trinajstić information content (AvgIpc) is 2.23. The summed E-state index contributed by atoms with van der Waals surface area (Å²) in [5, 5.41) is 17.9. The predicted octanol–water partition coefficient (Wildman–Crippen LogP) is 2.23. The van der Waals surface area contributed by atoms with E-state index in [-0.39, 0.29) is 17.5 Å². The summed E-state index contributed by atoms with van der Waals surface area (Å²) in [5.74, 6) is -0.0417. The highest BCUT2D eigenvalue weighted by atomic mass is 35.5. The minimum atomic E-state index is -0.383. The first-order chi connectivity index (χ1) is 7.58.